The normalized spacial score (nSPS) is 10.8. The molecular formula is C11H10F2N4O2S. The van der Waals surface area contributed by atoms with E-state index in [-0.39, 0.29) is 10.6 Å². The second kappa shape index (κ2) is 5.97. The number of halogens is 2. The summed E-state index contributed by atoms with van der Waals surface area (Å²) in [6, 6.07) is 1.42. The molecule has 0 aliphatic carbocycles. The van der Waals surface area contributed by atoms with Crippen LogP contribution in [0.3, 0.4) is 0 Å². The monoisotopic (exact) mass is 300 g/mol. The smallest absolute Gasteiger partial charge is 0.308 e. The third-order valence-corrected chi connectivity index (χ3v) is 3.52. The predicted octanol–water partition coefficient (Wildman–Crippen LogP) is 2.15. The fourth-order valence-corrected chi connectivity index (χ4v) is 2.41. The van der Waals surface area contributed by atoms with Crippen LogP contribution < -0.4 is 5.32 Å². The van der Waals surface area contributed by atoms with Crippen molar-refractivity contribution in [1.29, 1.82) is 0 Å². The van der Waals surface area contributed by atoms with Crippen LogP contribution in [-0.2, 0) is 6.42 Å². The van der Waals surface area contributed by atoms with E-state index in [0.29, 0.717) is 24.0 Å². The highest BCUT2D eigenvalue weighted by Crippen LogP contribution is 2.32. The first kappa shape index (κ1) is 14.4. The van der Waals surface area contributed by atoms with Crippen LogP contribution in [0.4, 0.5) is 14.5 Å². The quantitative estimate of drug-likeness (QED) is 0.676. The van der Waals surface area contributed by atoms with Crippen molar-refractivity contribution in [2.75, 3.05) is 13.6 Å². The highest BCUT2D eigenvalue weighted by Gasteiger charge is 2.23. The molecule has 0 saturated carbocycles. The van der Waals surface area contributed by atoms with E-state index >= 15 is 0 Å². The van der Waals surface area contributed by atoms with Crippen LogP contribution in [-0.4, -0.2) is 28.7 Å². The van der Waals surface area contributed by atoms with Crippen molar-refractivity contribution in [3.8, 4) is 10.6 Å². The third kappa shape index (κ3) is 2.94. The summed E-state index contributed by atoms with van der Waals surface area (Å²) in [4.78, 5) is 9.69. The molecule has 1 aromatic heterocycles. The van der Waals surface area contributed by atoms with Gasteiger partial charge in [0.15, 0.2) is 5.01 Å². The Morgan fingerprint density at radius 1 is 1.40 bits per heavy atom. The van der Waals surface area contributed by atoms with Crippen LogP contribution in [0.25, 0.3) is 10.6 Å². The topological polar surface area (TPSA) is 81.0 Å². The van der Waals surface area contributed by atoms with Crippen LogP contribution >= 0.6 is 11.3 Å². The van der Waals surface area contributed by atoms with Gasteiger partial charge in [0.05, 0.1) is 16.6 Å². The minimum atomic E-state index is -1.10. The van der Waals surface area contributed by atoms with Gasteiger partial charge in [-0.1, -0.05) is 11.3 Å². The molecule has 2 rings (SSSR count). The number of nitrogens with zero attached hydrogens (tertiary/aromatic N) is 3. The maximum Gasteiger partial charge on any atom is 0.308 e. The molecule has 1 N–H and O–H groups in total. The summed E-state index contributed by atoms with van der Waals surface area (Å²) in [7, 11) is 1.78. The molecule has 0 saturated heterocycles. The molecule has 20 heavy (non-hydrogen) atoms. The second-order valence-electron chi connectivity index (χ2n) is 3.90. The summed E-state index contributed by atoms with van der Waals surface area (Å²) in [5.74, 6) is -1.99. The summed E-state index contributed by atoms with van der Waals surface area (Å²) in [6.07, 6.45) is 0.590. The fourth-order valence-electron chi connectivity index (χ4n) is 1.56. The molecule has 0 amide bonds. The van der Waals surface area contributed by atoms with E-state index in [9.17, 15) is 18.9 Å². The highest BCUT2D eigenvalue weighted by molar-refractivity contribution is 7.14. The Balaban J connectivity index is 2.42. The first-order valence-corrected chi connectivity index (χ1v) is 6.45. The maximum absolute atomic E-state index is 14.0. The minimum Gasteiger partial charge on any atom is -0.319 e. The van der Waals surface area contributed by atoms with Crippen molar-refractivity contribution in [1.82, 2.24) is 15.5 Å². The zero-order chi connectivity index (χ0) is 14.7. The molecule has 9 heteroatoms. The molecule has 0 unspecified atom stereocenters. The standard InChI is InChI=1S/C11H10F2N4O2S/c1-14-3-2-9-15-16-11(20-9)7-4-6(12)5-8(10(7)13)17(18)19/h4-5,14H,2-3H2,1H3. The number of hydrogen-bond donors (Lipinski definition) is 1. The molecule has 0 bridgehead atoms. The number of benzene rings is 1. The third-order valence-electron chi connectivity index (χ3n) is 2.50. The number of hydrogen-bond acceptors (Lipinski definition) is 6. The molecular weight excluding hydrogens is 290 g/mol. The Kier molecular flexibility index (Phi) is 4.30. The van der Waals surface area contributed by atoms with Gasteiger partial charge in [0.25, 0.3) is 0 Å². The molecule has 0 radical (unpaired) electrons. The van der Waals surface area contributed by atoms with Crippen molar-refractivity contribution in [3.05, 3.63) is 38.9 Å². The molecule has 106 valence electrons. The van der Waals surface area contributed by atoms with E-state index in [2.05, 4.69) is 15.5 Å². The van der Waals surface area contributed by atoms with Crippen LogP contribution in [0.5, 0.6) is 0 Å². The van der Waals surface area contributed by atoms with Gasteiger partial charge in [-0.15, -0.1) is 10.2 Å². The lowest BCUT2D eigenvalue weighted by atomic mass is 10.2. The summed E-state index contributed by atoms with van der Waals surface area (Å²) in [5.41, 5.74) is -1.16. The first-order valence-electron chi connectivity index (χ1n) is 5.63. The van der Waals surface area contributed by atoms with Crippen molar-refractivity contribution in [2.24, 2.45) is 0 Å². The predicted molar refractivity (Wildman–Crippen MR) is 69.5 cm³/mol. The molecule has 0 fully saturated rings. The Morgan fingerprint density at radius 3 is 2.80 bits per heavy atom. The molecule has 0 aliphatic heterocycles. The maximum atomic E-state index is 14.0. The first-order chi connectivity index (χ1) is 9.52. The minimum absolute atomic E-state index is 0.121. The van der Waals surface area contributed by atoms with E-state index in [1.54, 1.807) is 7.05 Å². The summed E-state index contributed by atoms with van der Waals surface area (Å²) < 4.78 is 27.3. The van der Waals surface area contributed by atoms with Gasteiger partial charge < -0.3 is 5.32 Å². The summed E-state index contributed by atoms with van der Waals surface area (Å²) >= 11 is 1.08. The van der Waals surface area contributed by atoms with Crippen molar-refractivity contribution in [2.45, 2.75) is 6.42 Å². The van der Waals surface area contributed by atoms with Gasteiger partial charge in [0.1, 0.15) is 10.8 Å². The van der Waals surface area contributed by atoms with Gasteiger partial charge >= 0.3 is 5.69 Å². The number of likely N-dealkylation sites (N-methyl/N-ethyl adjacent to an activating group) is 1. The zero-order valence-corrected chi connectivity index (χ0v) is 11.2. The van der Waals surface area contributed by atoms with Crippen molar-refractivity contribution in [3.63, 3.8) is 0 Å². The van der Waals surface area contributed by atoms with Gasteiger partial charge in [0, 0.05) is 13.0 Å². The van der Waals surface area contributed by atoms with Crippen molar-refractivity contribution < 1.29 is 13.7 Å². The van der Waals surface area contributed by atoms with E-state index in [4.69, 9.17) is 0 Å². The molecule has 0 aliphatic rings. The average Bonchev–Trinajstić information content (AvgIpc) is 2.87. The van der Waals surface area contributed by atoms with E-state index in [1.807, 2.05) is 0 Å². The number of aromatic nitrogens is 2. The number of rotatable bonds is 5. The lowest BCUT2D eigenvalue weighted by Gasteiger charge is -2.00. The lowest BCUT2D eigenvalue weighted by Crippen LogP contribution is -2.09. The largest absolute Gasteiger partial charge is 0.319 e. The van der Waals surface area contributed by atoms with Crippen LogP contribution in [0.2, 0.25) is 0 Å². The van der Waals surface area contributed by atoms with Gasteiger partial charge in [-0.05, 0) is 13.1 Å². The fraction of sp³-hybridized carbons (Fsp3) is 0.273. The highest BCUT2D eigenvalue weighted by atomic mass is 32.1. The summed E-state index contributed by atoms with van der Waals surface area (Å²) in [6.45, 7) is 0.667. The Hall–Kier alpha value is -2.00. The van der Waals surface area contributed by atoms with Gasteiger partial charge in [0.2, 0.25) is 5.82 Å². The Morgan fingerprint density at radius 2 is 2.15 bits per heavy atom. The molecule has 2 aromatic rings. The Labute approximate surface area is 116 Å². The van der Waals surface area contributed by atoms with E-state index in [0.717, 1.165) is 17.4 Å². The van der Waals surface area contributed by atoms with E-state index in [1.165, 1.54) is 0 Å². The average molecular weight is 300 g/mol. The Bertz CT molecular complexity index is 647. The van der Waals surface area contributed by atoms with Gasteiger partial charge in [-0.2, -0.15) is 4.39 Å². The second-order valence-corrected chi connectivity index (χ2v) is 4.96. The van der Waals surface area contributed by atoms with Gasteiger partial charge in [-0.25, -0.2) is 4.39 Å². The van der Waals surface area contributed by atoms with Gasteiger partial charge in [-0.3, -0.25) is 10.1 Å². The van der Waals surface area contributed by atoms with Crippen LogP contribution in [0.1, 0.15) is 5.01 Å². The number of nitro benzene ring substituents is 1. The zero-order valence-electron chi connectivity index (χ0n) is 10.4. The van der Waals surface area contributed by atoms with Crippen molar-refractivity contribution >= 4 is 17.0 Å². The number of nitro groups is 1. The van der Waals surface area contributed by atoms with Crippen LogP contribution in [0, 0.1) is 21.7 Å². The SMILES string of the molecule is CNCCc1nnc(-c2cc(F)cc([N+](=O)[O-])c2F)s1. The molecule has 6 nitrogen and oxygen atoms in total. The molecule has 0 spiro atoms. The lowest BCUT2D eigenvalue weighted by molar-refractivity contribution is -0.387. The summed E-state index contributed by atoms with van der Waals surface area (Å²) in [5, 5.41) is 21.9. The molecule has 0 atom stereocenters. The van der Waals surface area contributed by atoms with Crippen LogP contribution in [0.15, 0.2) is 12.1 Å². The van der Waals surface area contributed by atoms with E-state index < -0.39 is 22.2 Å². The number of nitrogens with one attached hydrogen (secondary N) is 1. The molecule has 1 aromatic carbocycles. The molecule has 1 heterocycles.